The number of carbonyl (C=O) groups excluding carboxylic acids is 1. The summed E-state index contributed by atoms with van der Waals surface area (Å²) in [6.45, 7) is 5.63. The van der Waals surface area contributed by atoms with E-state index >= 15 is 0 Å². The molecule has 2 bridgehead atoms. The van der Waals surface area contributed by atoms with E-state index in [0.717, 1.165) is 6.42 Å². The van der Waals surface area contributed by atoms with E-state index in [4.69, 9.17) is 8.92 Å². The van der Waals surface area contributed by atoms with E-state index in [1.165, 1.54) is 0 Å². The minimum Gasteiger partial charge on any atom is -0.459 e. The number of ether oxygens (including phenoxy) is 1. The van der Waals surface area contributed by atoms with Crippen molar-refractivity contribution in [2.75, 3.05) is 0 Å². The van der Waals surface area contributed by atoms with Crippen molar-refractivity contribution in [3.05, 3.63) is 0 Å². The number of esters is 1. The van der Waals surface area contributed by atoms with Gasteiger partial charge in [0.15, 0.2) is 0 Å². The van der Waals surface area contributed by atoms with Crippen molar-refractivity contribution < 1.29 is 22.1 Å². The van der Waals surface area contributed by atoms with Crippen molar-refractivity contribution in [2.45, 2.75) is 72.3 Å². The molecule has 0 N–H and O–H groups in total. The largest absolute Gasteiger partial charge is 0.459 e. The van der Waals surface area contributed by atoms with E-state index in [0.29, 0.717) is 12.8 Å². The van der Waals surface area contributed by atoms with Gasteiger partial charge in [0.2, 0.25) is 0 Å². The molecule has 124 valence electrons. The number of rotatable bonds is 3. The second-order valence-electron chi connectivity index (χ2n) is 6.59. The lowest BCUT2D eigenvalue weighted by atomic mass is 9.89. The summed E-state index contributed by atoms with van der Waals surface area (Å²) in [5, 5.41) is -0.364. The summed E-state index contributed by atoms with van der Waals surface area (Å²) >= 11 is 0. The van der Waals surface area contributed by atoms with Crippen LogP contribution in [0.3, 0.4) is 0 Å². The van der Waals surface area contributed by atoms with Gasteiger partial charge in [0.05, 0.1) is 10.7 Å². The second-order valence-corrected chi connectivity index (χ2v) is 8.38. The van der Waals surface area contributed by atoms with Crippen LogP contribution in [-0.4, -0.2) is 31.8 Å². The van der Waals surface area contributed by atoms with Crippen LogP contribution >= 0.6 is 0 Å². The van der Waals surface area contributed by atoms with Gasteiger partial charge in [-0.2, -0.15) is 8.42 Å². The smallest absolute Gasteiger partial charge is 0.311 e. The molecule has 0 radical (unpaired) electrons. The van der Waals surface area contributed by atoms with E-state index in [2.05, 4.69) is 0 Å². The minimum atomic E-state index is -3.43. The van der Waals surface area contributed by atoms with Crippen molar-refractivity contribution >= 4 is 16.1 Å². The molecule has 5 atom stereocenters. The Bertz CT molecular complexity index is 510. The molecule has 3 rings (SSSR count). The van der Waals surface area contributed by atoms with Crippen LogP contribution in [0.5, 0.6) is 0 Å². The van der Waals surface area contributed by atoms with Gasteiger partial charge in [-0.15, -0.1) is 0 Å². The molecule has 0 amide bonds. The summed E-state index contributed by atoms with van der Waals surface area (Å²) in [6.07, 6.45) is 1.26. The number of carbonyl (C=O) groups is 1. The van der Waals surface area contributed by atoms with E-state index < -0.39 is 21.6 Å². The van der Waals surface area contributed by atoms with Crippen LogP contribution in [0.4, 0.5) is 0 Å². The molecule has 2 saturated carbocycles. The molecule has 1 saturated heterocycles. The maximum atomic E-state index is 12.1. The van der Waals surface area contributed by atoms with Gasteiger partial charge in [-0.1, -0.05) is 21.8 Å². The Morgan fingerprint density at radius 3 is 2.48 bits per heavy atom. The fourth-order valence-corrected chi connectivity index (χ4v) is 5.35. The van der Waals surface area contributed by atoms with E-state index in [9.17, 15) is 13.2 Å². The quantitative estimate of drug-likeness (QED) is 0.591. The van der Waals surface area contributed by atoms with Gasteiger partial charge in [-0.05, 0) is 33.1 Å². The highest BCUT2D eigenvalue weighted by molar-refractivity contribution is 7.87. The van der Waals surface area contributed by atoms with Crippen molar-refractivity contribution in [2.24, 2.45) is 17.3 Å². The molecule has 0 aromatic rings. The van der Waals surface area contributed by atoms with Crippen molar-refractivity contribution in [1.29, 1.82) is 0 Å². The maximum Gasteiger partial charge on any atom is 0.311 e. The molecular formula is C15H28O5S. The highest BCUT2D eigenvalue weighted by Gasteiger charge is 2.65. The molecule has 3 aliphatic rings. The summed E-state index contributed by atoms with van der Waals surface area (Å²) in [7, 11) is -3.43. The summed E-state index contributed by atoms with van der Waals surface area (Å²) in [5.74, 6) is -0.0802. The van der Waals surface area contributed by atoms with Gasteiger partial charge in [-0.3, -0.25) is 8.98 Å². The first-order valence-electron chi connectivity index (χ1n) is 6.89. The number of fused-ring (bicyclic) bond motifs is 1. The van der Waals surface area contributed by atoms with Crippen molar-refractivity contribution in [3.8, 4) is 0 Å². The Balaban J connectivity index is 0.00000110. The lowest BCUT2D eigenvalue weighted by Crippen LogP contribution is -2.40. The molecule has 2 aliphatic carbocycles. The molecule has 0 spiro atoms. The molecule has 0 aromatic heterocycles. The Morgan fingerprint density at radius 2 is 1.90 bits per heavy atom. The summed E-state index contributed by atoms with van der Waals surface area (Å²) < 4.78 is 34.4. The van der Waals surface area contributed by atoms with Crippen LogP contribution in [0, 0.1) is 17.3 Å². The normalized spacial score (nSPS) is 38.5. The SMILES string of the molecule is C.C.CCC(C)(C)C(=O)OC1C2CC3C1OS(=O)(=O)C3C2. The number of hydrogen-bond donors (Lipinski definition) is 0. The zero-order valence-electron chi connectivity index (χ0n) is 11.5. The van der Waals surface area contributed by atoms with Crippen molar-refractivity contribution in [1.82, 2.24) is 0 Å². The predicted molar refractivity (Wildman–Crippen MR) is 81.2 cm³/mol. The fourth-order valence-electron chi connectivity index (χ4n) is 3.47. The van der Waals surface area contributed by atoms with Crippen molar-refractivity contribution in [3.63, 3.8) is 0 Å². The molecule has 21 heavy (non-hydrogen) atoms. The Hall–Kier alpha value is -0.620. The molecule has 5 nitrogen and oxygen atoms in total. The standard InChI is InChI=1S/C13H20O5S.2CH4/c1-4-13(2,3)12(14)17-10-7-5-8-9(6-7)19(15,16)18-11(8)10;;/h7-11H,4-6H2,1-3H3;2*1H4. The minimum absolute atomic E-state index is 0. The summed E-state index contributed by atoms with van der Waals surface area (Å²) in [5.41, 5.74) is -0.529. The maximum absolute atomic E-state index is 12.1. The van der Waals surface area contributed by atoms with Gasteiger partial charge >= 0.3 is 5.97 Å². The Kier molecular flexibility index (Phi) is 4.86. The zero-order chi connectivity index (χ0) is 14.0. The first-order valence-corrected chi connectivity index (χ1v) is 8.36. The monoisotopic (exact) mass is 320 g/mol. The molecule has 6 heteroatoms. The number of hydrogen-bond acceptors (Lipinski definition) is 5. The van der Waals surface area contributed by atoms with E-state index in [1.807, 2.05) is 20.8 Å². The summed E-state index contributed by atoms with van der Waals surface area (Å²) in [6, 6.07) is 0. The van der Waals surface area contributed by atoms with E-state index in [-0.39, 0.29) is 44.0 Å². The predicted octanol–water partition coefficient (Wildman–Crippen LogP) is 2.74. The van der Waals surface area contributed by atoms with Gasteiger partial charge in [0.25, 0.3) is 10.1 Å². The summed E-state index contributed by atoms with van der Waals surface area (Å²) in [4.78, 5) is 12.1. The molecule has 0 aromatic carbocycles. The van der Waals surface area contributed by atoms with Crippen LogP contribution in [0.2, 0.25) is 0 Å². The fraction of sp³-hybridized carbons (Fsp3) is 0.933. The third kappa shape index (κ3) is 2.61. The third-order valence-electron chi connectivity index (χ3n) is 5.09. The topological polar surface area (TPSA) is 69.7 Å². The van der Waals surface area contributed by atoms with E-state index in [1.54, 1.807) is 0 Å². The Labute approximate surface area is 128 Å². The van der Waals surface area contributed by atoms with Crippen LogP contribution in [0.15, 0.2) is 0 Å². The first-order chi connectivity index (χ1) is 8.76. The highest BCUT2D eigenvalue weighted by atomic mass is 32.2. The molecule has 1 heterocycles. The molecule has 3 fully saturated rings. The van der Waals surface area contributed by atoms with Crippen LogP contribution < -0.4 is 0 Å². The first kappa shape index (κ1) is 18.4. The lowest BCUT2D eigenvalue weighted by Gasteiger charge is -2.29. The highest BCUT2D eigenvalue weighted by Crippen LogP contribution is 2.55. The lowest BCUT2D eigenvalue weighted by molar-refractivity contribution is -0.166. The van der Waals surface area contributed by atoms with Crippen LogP contribution in [0.1, 0.15) is 54.9 Å². The van der Waals surface area contributed by atoms with Crippen LogP contribution in [-0.2, 0) is 23.8 Å². The van der Waals surface area contributed by atoms with Crippen LogP contribution in [0.25, 0.3) is 0 Å². The average molecular weight is 320 g/mol. The average Bonchev–Trinajstić information content (AvgIpc) is 2.92. The Morgan fingerprint density at radius 1 is 1.29 bits per heavy atom. The molecule has 5 unspecified atom stereocenters. The third-order valence-corrected chi connectivity index (χ3v) is 6.87. The molecule has 1 aliphatic heterocycles. The van der Waals surface area contributed by atoms with Gasteiger partial charge < -0.3 is 4.74 Å². The van der Waals surface area contributed by atoms with Gasteiger partial charge in [0.1, 0.15) is 12.2 Å². The van der Waals surface area contributed by atoms with Gasteiger partial charge in [0, 0.05) is 11.8 Å². The zero-order valence-corrected chi connectivity index (χ0v) is 12.3. The second kappa shape index (κ2) is 5.54. The van der Waals surface area contributed by atoms with Gasteiger partial charge in [-0.25, -0.2) is 0 Å². The molecular weight excluding hydrogens is 292 g/mol.